The van der Waals surface area contributed by atoms with Crippen LogP contribution in [0, 0.1) is 11.8 Å². The summed E-state index contributed by atoms with van der Waals surface area (Å²) in [5.41, 5.74) is 3.77. The van der Waals surface area contributed by atoms with E-state index < -0.39 is 0 Å². The third kappa shape index (κ3) is 2.85. The molecule has 1 aliphatic rings. The zero-order valence-corrected chi connectivity index (χ0v) is 11.0. The Morgan fingerprint density at radius 3 is 2.56 bits per heavy atom. The Hall–Kier alpha value is -0.820. The van der Waals surface area contributed by atoms with Crippen molar-refractivity contribution in [2.75, 3.05) is 6.61 Å². The van der Waals surface area contributed by atoms with Crippen molar-refractivity contribution in [3.8, 4) is 0 Å². The summed E-state index contributed by atoms with van der Waals surface area (Å²) in [6, 6.07) is 0. The number of aliphatic hydroxyl groups excluding tert-OH is 1. The van der Waals surface area contributed by atoms with Crippen LogP contribution in [0.3, 0.4) is 0 Å². The third-order valence-corrected chi connectivity index (χ3v) is 3.61. The van der Waals surface area contributed by atoms with Crippen LogP contribution >= 0.6 is 0 Å². The standard InChI is InChI=1S/C15H24O/c1-5-6-7-8-14-11(2)9-12(3)15(10-16)13(14)4/h6-7,9,11,14,16H,5,8,10H2,1-4H3/b7-6+/t11?,14-/m1/s1. The lowest BCUT2D eigenvalue weighted by atomic mass is 9.76. The second-order valence-electron chi connectivity index (χ2n) is 4.75. The number of rotatable bonds is 4. The van der Waals surface area contributed by atoms with Gasteiger partial charge < -0.3 is 5.11 Å². The first-order chi connectivity index (χ1) is 7.61. The molecule has 1 nitrogen and oxygen atoms in total. The van der Waals surface area contributed by atoms with Crippen LogP contribution in [-0.2, 0) is 0 Å². The van der Waals surface area contributed by atoms with Gasteiger partial charge in [-0.05, 0) is 49.7 Å². The first kappa shape index (κ1) is 13.2. The normalized spacial score (nSPS) is 26.4. The predicted molar refractivity (Wildman–Crippen MR) is 70.2 cm³/mol. The van der Waals surface area contributed by atoms with Crippen LogP contribution in [-0.4, -0.2) is 11.7 Å². The largest absolute Gasteiger partial charge is 0.392 e. The number of hydrogen-bond donors (Lipinski definition) is 1. The topological polar surface area (TPSA) is 20.2 Å². The molecule has 0 heterocycles. The zero-order chi connectivity index (χ0) is 12.1. The van der Waals surface area contributed by atoms with Gasteiger partial charge in [0.15, 0.2) is 0 Å². The minimum absolute atomic E-state index is 0.175. The summed E-state index contributed by atoms with van der Waals surface area (Å²) in [6.45, 7) is 8.87. The zero-order valence-electron chi connectivity index (χ0n) is 11.0. The van der Waals surface area contributed by atoms with E-state index in [0.717, 1.165) is 18.4 Å². The second kappa shape index (κ2) is 6.05. The third-order valence-electron chi connectivity index (χ3n) is 3.61. The molecule has 1 aliphatic carbocycles. The fourth-order valence-electron chi connectivity index (χ4n) is 2.59. The molecule has 90 valence electrons. The van der Waals surface area contributed by atoms with Crippen molar-refractivity contribution in [2.24, 2.45) is 11.8 Å². The second-order valence-corrected chi connectivity index (χ2v) is 4.75. The van der Waals surface area contributed by atoms with E-state index in [-0.39, 0.29) is 6.61 Å². The van der Waals surface area contributed by atoms with Crippen molar-refractivity contribution in [2.45, 2.75) is 40.5 Å². The highest BCUT2D eigenvalue weighted by molar-refractivity contribution is 5.39. The average molecular weight is 220 g/mol. The lowest BCUT2D eigenvalue weighted by Gasteiger charge is -2.29. The van der Waals surface area contributed by atoms with Gasteiger partial charge >= 0.3 is 0 Å². The molecule has 0 saturated carbocycles. The van der Waals surface area contributed by atoms with Crippen LogP contribution in [0.15, 0.2) is 34.9 Å². The number of aliphatic hydroxyl groups is 1. The Balaban J connectivity index is 2.85. The van der Waals surface area contributed by atoms with Gasteiger partial charge in [-0.25, -0.2) is 0 Å². The summed E-state index contributed by atoms with van der Waals surface area (Å²) in [5.74, 6) is 1.14. The van der Waals surface area contributed by atoms with Crippen molar-refractivity contribution in [3.05, 3.63) is 34.9 Å². The maximum Gasteiger partial charge on any atom is 0.0683 e. The van der Waals surface area contributed by atoms with Gasteiger partial charge in [0.2, 0.25) is 0 Å². The Labute approximate surface area is 99.6 Å². The molecular weight excluding hydrogens is 196 g/mol. The van der Waals surface area contributed by atoms with Gasteiger partial charge in [0.05, 0.1) is 6.61 Å². The summed E-state index contributed by atoms with van der Waals surface area (Å²) >= 11 is 0. The van der Waals surface area contributed by atoms with Gasteiger partial charge in [-0.2, -0.15) is 0 Å². The molecule has 16 heavy (non-hydrogen) atoms. The summed E-state index contributed by atoms with van der Waals surface area (Å²) in [6.07, 6.45) is 8.99. The van der Waals surface area contributed by atoms with E-state index in [1.165, 1.54) is 11.1 Å². The quantitative estimate of drug-likeness (QED) is 0.713. The molecule has 0 bridgehead atoms. The van der Waals surface area contributed by atoms with E-state index in [2.05, 4.69) is 45.9 Å². The molecule has 0 radical (unpaired) electrons. The molecule has 0 aromatic heterocycles. The smallest absolute Gasteiger partial charge is 0.0683 e. The molecule has 0 aliphatic heterocycles. The van der Waals surface area contributed by atoms with Gasteiger partial charge in [-0.1, -0.05) is 37.6 Å². The Bertz CT molecular complexity index is 320. The van der Waals surface area contributed by atoms with Gasteiger partial charge in [0, 0.05) is 0 Å². The van der Waals surface area contributed by atoms with Crippen molar-refractivity contribution in [1.82, 2.24) is 0 Å². The molecule has 1 heteroatoms. The average Bonchev–Trinajstić information content (AvgIpc) is 2.23. The highest BCUT2D eigenvalue weighted by Crippen LogP contribution is 2.35. The molecule has 1 N–H and O–H groups in total. The van der Waals surface area contributed by atoms with Crippen LogP contribution in [0.2, 0.25) is 0 Å². The molecule has 0 spiro atoms. The van der Waals surface area contributed by atoms with E-state index in [4.69, 9.17) is 0 Å². The maximum absolute atomic E-state index is 9.39. The van der Waals surface area contributed by atoms with Crippen LogP contribution in [0.25, 0.3) is 0 Å². The fourth-order valence-corrected chi connectivity index (χ4v) is 2.59. The molecule has 0 aromatic carbocycles. The minimum atomic E-state index is 0.175. The fraction of sp³-hybridized carbons (Fsp3) is 0.600. The van der Waals surface area contributed by atoms with Gasteiger partial charge in [0.1, 0.15) is 0 Å². The number of allylic oxidation sites excluding steroid dienone is 4. The van der Waals surface area contributed by atoms with Crippen molar-refractivity contribution < 1.29 is 5.11 Å². The SMILES string of the molecule is CC/C=C/C[C@H]1C(C)=C(CO)C(C)=CC1C. The van der Waals surface area contributed by atoms with Gasteiger partial charge in [0.25, 0.3) is 0 Å². The molecule has 0 amide bonds. The van der Waals surface area contributed by atoms with E-state index >= 15 is 0 Å². The summed E-state index contributed by atoms with van der Waals surface area (Å²) in [7, 11) is 0. The Morgan fingerprint density at radius 2 is 2.00 bits per heavy atom. The van der Waals surface area contributed by atoms with Crippen molar-refractivity contribution in [3.63, 3.8) is 0 Å². The predicted octanol–water partition coefficient (Wildman–Crippen LogP) is 3.86. The Kier molecular flexibility index (Phi) is 5.01. The van der Waals surface area contributed by atoms with Gasteiger partial charge in [-0.3, -0.25) is 0 Å². The lowest BCUT2D eigenvalue weighted by Crippen LogP contribution is -2.18. The molecule has 0 saturated heterocycles. The highest BCUT2D eigenvalue weighted by atomic mass is 16.3. The van der Waals surface area contributed by atoms with E-state index in [9.17, 15) is 5.11 Å². The highest BCUT2D eigenvalue weighted by Gasteiger charge is 2.23. The summed E-state index contributed by atoms with van der Waals surface area (Å²) < 4.78 is 0. The van der Waals surface area contributed by atoms with Crippen LogP contribution in [0.5, 0.6) is 0 Å². The molecule has 1 unspecified atom stereocenters. The maximum atomic E-state index is 9.39. The Morgan fingerprint density at radius 1 is 1.31 bits per heavy atom. The minimum Gasteiger partial charge on any atom is -0.392 e. The van der Waals surface area contributed by atoms with Gasteiger partial charge in [-0.15, -0.1) is 0 Å². The lowest BCUT2D eigenvalue weighted by molar-refractivity contribution is 0.326. The molecule has 2 atom stereocenters. The van der Waals surface area contributed by atoms with Crippen molar-refractivity contribution in [1.29, 1.82) is 0 Å². The summed E-state index contributed by atoms with van der Waals surface area (Å²) in [5, 5.41) is 9.39. The summed E-state index contributed by atoms with van der Waals surface area (Å²) in [4.78, 5) is 0. The first-order valence-electron chi connectivity index (χ1n) is 6.26. The van der Waals surface area contributed by atoms with Crippen LogP contribution in [0.1, 0.15) is 40.5 Å². The van der Waals surface area contributed by atoms with Crippen LogP contribution < -0.4 is 0 Å². The van der Waals surface area contributed by atoms with E-state index in [1.807, 2.05) is 0 Å². The monoisotopic (exact) mass is 220 g/mol. The molecule has 0 aromatic rings. The van der Waals surface area contributed by atoms with Crippen LogP contribution in [0.4, 0.5) is 0 Å². The molecule has 0 fully saturated rings. The van der Waals surface area contributed by atoms with E-state index in [0.29, 0.717) is 11.8 Å². The van der Waals surface area contributed by atoms with Crippen molar-refractivity contribution >= 4 is 0 Å². The first-order valence-corrected chi connectivity index (χ1v) is 6.26. The van der Waals surface area contributed by atoms with E-state index in [1.54, 1.807) is 0 Å². The number of hydrogen-bond acceptors (Lipinski definition) is 1. The molecule has 1 rings (SSSR count). The molecular formula is C15H24O.